The van der Waals surface area contributed by atoms with E-state index in [-0.39, 0.29) is 12.2 Å². The molecule has 1 saturated carbocycles. The first-order valence-corrected chi connectivity index (χ1v) is 9.71. The third-order valence-electron chi connectivity index (χ3n) is 6.14. The summed E-state index contributed by atoms with van der Waals surface area (Å²) in [7, 11) is 0. The van der Waals surface area contributed by atoms with Crippen molar-refractivity contribution in [1.29, 1.82) is 0 Å². The molecule has 2 heterocycles. The molecule has 0 radical (unpaired) electrons. The van der Waals surface area contributed by atoms with Crippen LogP contribution in [0.15, 0.2) is 18.3 Å². The number of carbonyl (C=O) groups excluding carboxylic acids is 1. The fourth-order valence-corrected chi connectivity index (χ4v) is 4.25. The highest BCUT2D eigenvalue weighted by molar-refractivity contribution is 6.04. The van der Waals surface area contributed by atoms with Gasteiger partial charge in [-0.1, -0.05) is 0 Å². The number of carbonyl (C=O) groups is 1. The Kier molecular flexibility index (Phi) is 4.84. The molecule has 1 saturated heterocycles. The topological polar surface area (TPSA) is 121 Å². The average molecular weight is 387 g/mol. The number of imidazole rings is 1. The number of hydrogen-bond acceptors (Lipinski definition) is 5. The number of H-pyrrole nitrogens is 1. The van der Waals surface area contributed by atoms with Gasteiger partial charge < -0.3 is 26.5 Å². The molecule has 7 nitrogen and oxygen atoms in total. The maximum Gasteiger partial charge on any atom is 0.251 e. The van der Waals surface area contributed by atoms with Crippen molar-refractivity contribution in [3.63, 3.8) is 0 Å². The summed E-state index contributed by atoms with van der Waals surface area (Å²) < 4.78 is 13.9. The van der Waals surface area contributed by atoms with Crippen molar-refractivity contribution in [1.82, 2.24) is 14.9 Å². The highest BCUT2D eigenvalue weighted by atomic mass is 19.1. The minimum Gasteiger partial charge on any atom is -0.404 e. The summed E-state index contributed by atoms with van der Waals surface area (Å²) >= 11 is 0. The molecule has 28 heavy (non-hydrogen) atoms. The Balaban J connectivity index is 1.66. The molecule has 1 aromatic carbocycles. The molecule has 0 bridgehead atoms. The lowest BCUT2D eigenvalue weighted by Gasteiger charge is -2.41. The van der Waals surface area contributed by atoms with Gasteiger partial charge in [-0.05, 0) is 56.8 Å². The van der Waals surface area contributed by atoms with E-state index in [1.54, 1.807) is 0 Å². The quantitative estimate of drug-likeness (QED) is 0.600. The summed E-state index contributed by atoms with van der Waals surface area (Å²) in [6, 6.07) is 2.36. The van der Waals surface area contributed by atoms with E-state index >= 15 is 0 Å². The van der Waals surface area contributed by atoms with E-state index in [1.165, 1.54) is 25.1 Å². The third kappa shape index (κ3) is 3.38. The van der Waals surface area contributed by atoms with Crippen molar-refractivity contribution in [2.45, 2.75) is 25.7 Å². The highest BCUT2D eigenvalue weighted by Gasteiger charge is 2.40. The van der Waals surface area contributed by atoms with Crippen LogP contribution in [0.1, 0.15) is 41.9 Å². The second kappa shape index (κ2) is 7.18. The fourth-order valence-electron chi connectivity index (χ4n) is 4.25. The molecule has 2 fully saturated rings. The standard InChI is InChI=1S/C20H26FN5O2/c21-13-7-14(18(23)28)17-16(8-13)24-19(25-17)15(9-22)20(11-27)3-5-26(6-4-20)10-12-1-2-12/h7-9,12,27H,1-6,10-11,22H2,(H2,23,28)(H,24,25). The number of aromatic amines is 1. The Morgan fingerprint density at radius 1 is 1.39 bits per heavy atom. The number of piperidine rings is 1. The van der Waals surface area contributed by atoms with Gasteiger partial charge in [-0.2, -0.15) is 0 Å². The molecule has 1 aliphatic heterocycles. The predicted molar refractivity (Wildman–Crippen MR) is 105 cm³/mol. The number of hydrogen-bond donors (Lipinski definition) is 4. The summed E-state index contributed by atoms with van der Waals surface area (Å²) in [6.45, 7) is 2.84. The van der Waals surface area contributed by atoms with Gasteiger partial charge in [-0.3, -0.25) is 4.79 Å². The molecule has 1 aliphatic carbocycles. The van der Waals surface area contributed by atoms with Gasteiger partial charge in [-0.25, -0.2) is 9.37 Å². The molecule has 4 rings (SSSR count). The molecule has 150 valence electrons. The first kappa shape index (κ1) is 18.9. The van der Waals surface area contributed by atoms with Gasteiger partial charge in [-0.15, -0.1) is 0 Å². The number of aliphatic hydroxyl groups excluding tert-OH is 1. The monoisotopic (exact) mass is 387 g/mol. The van der Waals surface area contributed by atoms with E-state index in [0.29, 0.717) is 22.4 Å². The molecule has 0 atom stereocenters. The minimum absolute atomic E-state index is 0.0196. The summed E-state index contributed by atoms with van der Waals surface area (Å²) in [6.07, 6.45) is 5.60. The largest absolute Gasteiger partial charge is 0.404 e. The number of primary amides is 1. The maximum absolute atomic E-state index is 13.9. The van der Waals surface area contributed by atoms with Gasteiger partial charge in [0.05, 0.1) is 17.7 Å². The lowest BCUT2D eigenvalue weighted by molar-refractivity contribution is 0.0848. The number of halogens is 1. The fraction of sp³-hybridized carbons (Fsp3) is 0.500. The Morgan fingerprint density at radius 2 is 2.11 bits per heavy atom. The zero-order chi connectivity index (χ0) is 19.9. The van der Waals surface area contributed by atoms with Crippen LogP contribution >= 0.6 is 0 Å². The Hall–Kier alpha value is -2.45. The van der Waals surface area contributed by atoms with Gasteiger partial charge in [0.1, 0.15) is 17.2 Å². The SMILES string of the molecule is NC=C(c1nc2c(C(N)=O)cc(F)cc2[nH]1)C1(CO)CCN(CC2CC2)CC1. The molecule has 6 N–H and O–H groups in total. The molecule has 8 heteroatoms. The molecule has 2 aliphatic rings. The van der Waals surface area contributed by atoms with E-state index in [9.17, 15) is 14.3 Å². The number of amides is 1. The van der Waals surface area contributed by atoms with Crippen LogP contribution in [0, 0.1) is 17.2 Å². The predicted octanol–water partition coefficient (Wildman–Crippen LogP) is 1.58. The van der Waals surface area contributed by atoms with Crippen molar-refractivity contribution in [2.24, 2.45) is 22.8 Å². The Labute approximate surface area is 162 Å². The maximum atomic E-state index is 13.9. The van der Waals surface area contributed by atoms with Gasteiger partial charge in [0.2, 0.25) is 0 Å². The van der Waals surface area contributed by atoms with Crippen molar-refractivity contribution < 1.29 is 14.3 Å². The molecular formula is C20H26FN5O2. The highest BCUT2D eigenvalue weighted by Crippen LogP contribution is 2.43. The lowest BCUT2D eigenvalue weighted by atomic mass is 9.72. The summed E-state index contributed by atoms with van der Waals surface area (Å²) in [5.41, 5.74) is 12.2. The molecular weight excluding hydrogens is 361 g/mol. The zero-order valence-electron chi connectivity index (χ0n) is 15.7. The second-order valence-electron chi connectivity index (χ2n) is 8.06. The van der Waals surface area contributed by atoms with E-state index in [2.05, 4.69) is 14.9 Å². The number of nitrogens with zero attached hydrogens (tertiary/aromatic N) is 2. The minimum atomic E-state index is -0.744. The normalized spacial score (nSPS) is 20.6. The first-order valence-electron chi connectivity index (χ1n) is 9.71. The number of likely N-dealkylation sites (tertiary alicyclic amines) is 1. The lowest BCUT2D eigenvalue weighted by Crippen LogP contribution is -2.43. The van der Waals surface area contributed by atoms with Crippen LogP contribution in [0.4, 0.5) is 4.39 Å². The van der Waals surface area contributed by atoms with Crippen LogP contribution in [0.5, 0.6) is 0 Å². The van der Waals surface area contributed by atoms with Crippen LogP contribution < -0.4 is 11.5 Å². The van der Waals surface area contributed by atoms with Crippen LogP contribution in [-0.4, -0.2) is 52.1 Å². The number of aromatic nitrogens is 2. The van der Waals surface area contributed by atoms with Crippen molar-refractivity contribution in [2.75, 3.05) is 26.2 Å². The number of nitrogens with two attached hydrogens (primary N) is 2. The van der Waals surface area contributed by atoms with Crippen molar-refractivity contribution in [3.8, 4) is 0 Å². The number of nitrogens with one attached hydrogen (secondary N) is 1. The van der Waals surface area contributed by atoms with Crippen LogP contribution in [-0.2, 0) is 0 Å². The number of benzene rings is 1. The van der Waals surface area contributed by atoms with E-state index in [1.807, 2.05) is 0 Å². The summed E-state index contributed by atoms with van der Waals surface area (Å²) in [4.78, 5) is 21.7. The molecule has 0 unspecified atom stereocenters. The molecule has 2 aromatic rings. The smallest absolute Gasteiger partial charge is 0.251 e. The van der Waals surface area contributed by atoms with Gasteiger partial charge >= 0.3 is 0 Å². The number of fused-ring (bicyclic) bond motifs is 1. The average Bonchev–Trinajstić information content (AvgIpc) is 3.40. The van der Waals surface area contributed by atoms with Gasteiger partial charge in [0, 0.05) is 23.7 Å². The van der Waals surface area contributed by atoms with Gasteiger partial charge in [0.15, 0.2) is 0 Å². The van der Waals surface area contributed by atoms with Crippen LogP contribution in [0.25, 0.3) is 16.6 Å². The van der Waals surface area contributed by atoms with Gasteiger partial charge in [0.25, 0.3) is 5.91 Å². The molecule has 1 aromatic heterocycles. The van der Waals surface area contributed by atoms with E-state index in [0.717, 1.165) is 44.5 Å². The Morgan fingerprint density at radius 3 is 2.68 bits per heavy atom. The van der Waals surface area contributed by atoms with Crippen molar-refractivity contribution in [3.05, 3.63) is 35.5 Å². The molecule has 0 spiro atoms. The first-order chi connectivity index (χ1) is 13.5. The van der Waals surface area contributed by atoms with Crippen molar-refractivity contribution >= 4 is 22.5 Å². The van der Waals surface area contributed by atoms with E-state index in [4.69, 9.17) is 11.5 Å². The number of aliphatic hydroxyl groups is 1. The number of rotatable bonds is 6. The van der Waals surface area contributed by atoms with Crippen LogP contribution in [0.3, 0.4) is 0 Å². The van der Waals surface area contributed by atoms with Crippen LogP contribution in [0.2, 0.25) is 0 Å². The summed E-state index contributed by atoms with van der Waals surface area (Å²) in [5, 5.41) is 10.3. The van der Waals surface area contributed by atoms with E-state index < -0.39 is 17.1 Å². The summed E-state index contributed by atoms with van der Waals surface area (Å²) in [5.74, 6) is -0.0509. The third-order valence-corrected chi connectivity index (χ3v) is 6.14. The second-order valence-corrected chi connectivity index (χ2v) is 8.06. The molecule has 1 amide bonds. The Bertz CT molecular complexity index is 926. The zero-order valence-corrected chi connectivity index (χ0v) is 15.7.